The second-order valence-corrected chi connectivity index (χ2v) is 21.1. The van der Waals surface area contributed by atoms with Crippen LogP contribution in [0.3, 0.4) is 0 Å². The highest BCUT2D eigenvalue weighted by atomic mass is 32.1. The van der Waals surface area contributed by atoms with Crippen LogP contribution >= 0.6 is 45.3 Å². The van der Waals surface area contributed by atoms with E-state index in [0.717, 1.165) is 94.4 Å². The molecule has 6 aromatic heterocycles. The molecule has 8 heterocycles. The number of thiophene rings is 2. The topological polar surface area (TPSA) is 175 Å². The summed E-state index contributed by atoms with van der Waals surface area (Å²) in [5.74, 6) is 0.0128. The first-order valence-corrected chi connectivity index (χ1v) is 25.0. The van der Waals surface area contributed by atoms with Crippen LogP contribution in [0.25, 0.3) is 41.6 Å². The van der Waals surface area contributed by atoms with Crippen LogP contribution in [0.2, 0.25) is 0 Å². The predicted octanol–water partition coefficient (Wildman–Crippen LogP) is 9.21. The van der Waals surface area contributed by atoms with E-state index < -0.39 is 5.60 Å². The van der Waals surface area contributed by atoms with Crippen LogP contribution in [0.4, 0.5) is 14.8 Å². The number of nitrogens with zero attached hydrogens (tertiary/aromatic N) is 5. The first-order chi connectivity index (χ1) is 30.3. The molecule has 8 rings (SSSR count). The van der Waals surface area contributed by atoms with E-state index in [-0.39, 0.29) is 17.9 Å². The van der Waals surface area contributed by atoms with Crippen molar-refractivity contribution in [3.05, 3.63) is 57.8 Å². The SMILES string of the molecule is CC[C@H](C)NCCC(=O)Nc1sc2c(c1-c1nc3cnccc3s1)CCN(C(=O)OC(C)(C)C)C2.CC[C@H](C)NCCC(=O)Nc1sc2c(c1-c1nc3cnccc3s1)CCNC2. The quantitative estimate of drug-likeness (QED) is 0.0704. The predicted molar refractivity (Wildman–Crippen MR) is 259 cm³/mol. The van der Waals surface area contributed by atoms with Gasteiger partial charge in [-0.25, -0.2) is 14.8 Å². The number of thiazole rings is 2. The van der Waals surface area contributed by atoms with Gasteiger partial charge in [-0.05, 0) is 90.1 Å². The fourth-order valence-electron chi connectivity index (χ4n) is 7.15. The van der Waals surface area contributed by atoms with Crippen molar-refractivity contribution in [2.75, 3.05) is 36.8 Å². The van der Waals surface area contributed by atoms with Crippen molar-refractivity contribution in [2.45, 2.75) is 118 Å². The van der Waals surface area contributed by atoms with Gasteiger partial charge in [0.2, 0.25) is 11.8 Å². The van der Waals surface area contributed by atoms with E-state index in [1.165, 1.54) is 21.8 Å². The van der Waals surface area contributed by atoms with Gasteiger partial charge in [0.25, 0.3) is 0 Å². The summed E-state index contributed by atoms with van der Waals surface area (Å²) in [5, 5.41) is 20.0. The van der Waals surface area contributed by atoms with Crippen LogP contribution in [-0.4, -0.2) is 86.6 Å². The molecule has 63 heavy (non-hydrogen) atoms. The van der Waals surface area contributed by atoms with Crippen LogP contribution in [0.5, 0.6) is 0 Å². The number of ether oxygens (including phenoxy) is 1. The minimum atomic E-state index is -0.546. The summed E-state index contributed by atoms with van der Waals surface area (Å²) in [4.78, 5) is 60.2. The summed E-state index contributed by atoms with van der Waals surface area (Å²) in [6, 6.07) is 4.76. The molecule has 2 aliphatic heterocycles. The maximum atomic E-state index is 12.8. The number of fused-ring (bicyclic) bond motifs is 4. The summed E-state index contributed by atoms with van der Waals surface area (Å²) in [6.45, 7) is 18.3. The highest BCUT2D eigenvalue weighted by molar-refractivity contribution is 7.23. The van der Waals surface area contributed by atoms with Crippen molar-refractivity contribution < 1.29 is 19.1 Å². The van der Waals surface area contributed by atoms with E-state index in [0.29, 0.717) is 57.5 Å². The van der Waals surface area contributed by atoms with Crippen molar-refractivity contribution in [1.82, 2.24) is 40.8 Å². The van der Waals surface area contributed by atoms with Crippen molar-refractivity contribution in [3.8, 4) is 21.1 Å². The van der Waals surface area contributed by atoms with E-state index in [2.05, 4.69) is 64.2 Å². The van der Waals surface area contributed by atoms with Gasteiger partial charge < -0.3 is 36.2 Å². The fraction of sp³-hybridized carbons (Fsp3) is 0.489. The zero-order chi connectivity index (χ0) is 44.7. The van der Waals surface area contributed by atoms with Crippen molar-refractivity contribution in [2.24, 2.45) is 0 Å². The fourth-order valence-corrected chi connectivity index (χ4v) is 11.8. The zero-order valence-corrected chi connectivity index (χ0v) is 40.4. The molecular weight excluding hydrogens is 873 g/mol. The molecule has 0 aliphatic carbocycles. The van der Waals surface area contributed by atoms with Gasteiger partial charge in [0, 0.05) is 84.4 Å². The number of rotatable bonds is 14. The number of carbonyl (C=O) groups is 3. The Morgan fingerprint density at radius 2 is 1.30 bits per heavy atom. The van der Waals surface area contributed by atoms with Gasteiger partial charge in [-0.3, -0.25) is 19.6 Å². The molecule has 0 bridgehead atoms. The van der Waals surface area contributed by atoms with Crippen molar-refractivity contribution in [1.29, 1.82) is 0 Å². The number of pyridine rings is 2. The van der Waals surface area contributed by atoms with Crippen molar-refractivity contribution in [3.63, 3.8) is 0 Å². The molecule has 0 saturated heterocycles. The lowest BCUT2D eigenvalue weighted by Crippen LogP contribution is -2.39. The van der Waals surface area contributed by atoms with E-state index in [4.69, 9.17) is 14.7 Å². The van der Waals surface area contributed by atoms with E-state index in [9.17, 15) is 14.4 Å². The average Bonchev–Trinajstić information content (AvgIpc) is 4.04. The summed E-state index contributed by atoms with van der Waals surface area (Å²) >= 11 is 6.46. The monoisotopic (exact) mass is 930 g/mol. The van der Waals surface area contributed by atoms with Gasteiger partial charge >= 0.3 is 6.09 Å². The molecule has 2 aliphatic rings. The molecule has 0 aromatic carbocycles. The highest BCUT2D eigenvalue weighted by Crippen LogP contribution is 2.47. The second-order valence-electron chi connectivity index (χ2n) is 16.8. The third kappa shape index (κ3) is 11.8. The number of hydrogen-bond donors (Lipinski definition) is 5. The van der Waals surface area contributed by atoms with Crippen LogP contribution in [-0.2, 0) is 40.3 Å². The molecule has 14 nitrogen and oxygen atoms in total. The summed E-state index contributed by atoms with van der Waals surface area (Å²) in [5.41, 5.74) is 5.75. The lowest BCUT2D eigenvalue weighted by molar-refractivity contribution is -0.116. The van der Waals surface area contributed by atoms with Crippen LogP contribution < -0.4 is 26.6 Å². The van der Waals surface area contributed by atoms with E-state index in [1.54, 1.807) is 63.7 Å². The third-order valence-corrected chi connectivity index (χ3v) is 15.3. The Balaban J connectivity index is 0.000000193. The average molecular weight is 931 g/mol. The molecule has 3 amide bonds. The van der Waals surface area contributed by atoms with Gasteiger partial charge in [-0.2, -0.15) is 0 Å². The van der Waals surface area contributed by atoms with Gasteiger partial charge in [0.1, 0.15) is 36.7 Å². The minimum Gasteiger partial charge on any atom is -0.444 e. The zero-order valence-electron chi connectivity index (χ0n) is 37.1. The molecule has 0 radical (unpaired) electrons. The summed E-state index contributed by atoms with van der Waals surface area (Å²) < 4.78 is 7.76. The Bertz CT molecular complexity index is 2470. The molecular formula is C45H58N10O4S4. The second kappa shape index (κ2) is 21.0. The molecule has 0 saturated carbocycles. The minimum absolute atomic E-state index is 0.0348. The number of amides is 3. The largest absolute Gasteiger partial charge is 0.444 e. The Hall–Kier alpha value is -4.43. The Labute approximate surface area is 385 Å². The first-order valence-electron chi connectivity index (χ1n) is 21.8. The molecule has 0 unspecified atom stereocenters. The Morgan fingerprint density at radius 3 is 1.81 bits per heavy atom. The maximum Gasteiger partial charge on any atom is 0.410 e. The summed E-state index contributed by atoms with van der Waals surface area (Å²) in [6.07, 6.45) is 11.4. The molecule has 6 aromatic rings. The normalized spacial score (nSPS) is 14.7. The smallest absolute Gasteiger partial charge is 0.410 e. The van der Waals surface area contributed by atoms with Crippen molar-refractivity contribution >= 4 is 93.7 Å². The summed E-state index contributed by atoms with van der Waals surface area (Å²) in [7, 11) is 0. The number of hydrogen-bond acceptors (Lipinski definition) is 15. The van der Waals surface area contributed by atoms with Crippen LogP contribution in [0.15, 0.2) is 36.9 Å². The standard InChI is InChI=1S/C25H33N5O3S2.C20H25N5OS2/c1-6-15(2)27-11-8-20(31)29-23-21(22-28-17-13-26-10-7-18(17)34-22)16-9-12-30(14-19(16)35-23)24(32)33-25(3,4)5;1-3-12(2)23-9-6-17(26)25-20-18(13-4-7-22-11-16(13)28-20)19-24-14-10-21-8-5-15(14)27-19/h7,10,13,15,27H,6,8-9,11-12,14H2,1-5H3,(H,29,31);5,8,10,12,22-23H,3-4,6-7,9,11H2,1-2H3,(H,25,26)/t15-;12-/m00/s1. The van der Waals surface area contributed by atoms with E-state index >= 15 is 0 Å². The van der Waals surface area contributed by atoms with E-state index in [1.807, 2.05) is 32.9 Å². The number of aromatic nitrogens is 4. The van der Waals surface area contributed by atoms with Crippen LogP contribution in [0.1, 0.15) is 95.0 Å². The Kier molecular flexibility index (Phi) is 15.6. The Morgan fingerprint density at radius 1 is 0.778 bits per heavy atom. The molecule has 5 N–H and O–H groups in total. The molecule has 336 valence electrons. The van der Waals surface area contributed by atoms with Gasteiger partial charge in [-0.15, -0.1) is 45.3 Å². The number of carbonyl (C=O) groups excluding carboxylic acids is 3. The molecule has 0 spiro atoms. The molecule has 18 heteroatoms. The third-order valence-electron chi connectivity index (χ3n) is 10.9. The van der Waals surface area contributed by atoms with Gasteiger partial charge in [0.05, 0.1) is 28.3 Å². The number of nitrogens with one attached hydrogen (secondary N) is 5. The number of anilines is 2. The van der Waals surface area contributed by atoms with Gasteiger partial charge in [-0.1, -0.05) is 13.8 Å². The van der Waals surface area contributed by atoms with Gasteiger partial charge in [0.15, 0.2) is 0 Å². The van der Waals surface area contributed by atoms with Crippen LogP contribution in [0, 0.1) is 0 Å². The molecule has 0 fully saturated rings. The maximum absolute atomic E-state index is 12.8. The highest BCUT2D eigenvalue weighted by Gasteiger charge is 2.32. The molecule has 2 atom stereocenters. The lowest BCUT2D eigenvalue weighted by atomic mass is 10.0. The first kappa shape index (κ1) is 46.6. The lowest BCUT2D eigenvalue weighted by Gasteiger charge is -2.30.